The van der Waals surface area contributed by atoms with E-state index >= 15 is 0 Å². The summed E-state index contributed by atoms with van der Waals surface area (Å²) in [4.78, 5) is 80.0. The highest BCUT2D eigenvalue weighted by atomic mass is 16.7. The van der Waals surface area contributed by atoms with E-state index < -0.39 is 73.3 Å². The Morgan fingerprint density at radius 3 is 2.00 bits per heavy atom. The van der Waals surface area contributed by atoms with Gasteiger partial charge in [0.25, 0.3) is 5.91 Å². The lowest BCUT2D eigenvalue weighted by Crippen LogP contribution is -2.57. The first-order valence-corrected chi connectivity index (χ1v) is 12.5. The molecule has 41 heavy (non-hydrogen) atoms. The number of nitrogens with two attached hydrogens (primary N) is 1. The molecule has 224 valence electrons. The van der Waals surface area contributed by atoms with Crippen molar-refractivity contribution in [1.29, 1.82) is 0 Å². The van der Waals surface area contributed by atoms with Crippen molar-refractivity contribution < 1.29 is 52.6 Å². The molecule has 1 unspecified atom stereocenters. The van der Waals surface area contributed by atoms with Gasteiger partial charge in [0.05, 0.1) is 17.9 Å². The third-order valence-corrected chi connectivity index (χ3v) is 5.71. The fraction of sp³-hybridized carbons (Fsp3) is 0.500. The minimum atomic E-state index is -1.58. The highest BCUT2D eigenvalue weighted by Crippen LogP contribution is 2.35. The van der Waals surface area contributed by atoms with Crippen LogP contribution < -0.4 is 16.0 Å². The van der Waals surface area contributed by atoms with Crippen LogP contribution in [0.25, 0.3) is 0 Å². The number of amidine groups is 1. The van der Waals surface area contributed by atoms with Gasteiger partial charge in [-0.1, -0.05) is 5.16 Å². The summed E-state index contributed by atoms with van der Waals surface area (Å²) in [5, 5.41) is 6.24. The molecule has 1 aliphatic rings. The molecule has 0 aromatic heterocycles. The van der Waals surface area contributed by atoms with Gasteiger partial charge in [-0.15, -0.1) is 0 Å². The second-order valence-electron chi connectivity index (χ2n) is 9.30. The molecule has 0 radical (unpaired) electrons. The maximum atomic E-state index is 13.7. The van der Waals surface area contributed by atoms with Crippen LogP contribution in [-0.2, 0) is 52.6 Å². The summed E-state index contributed by atoms with van der Waals surface area (Å²) in [6.45, 7) is 8.32. The summed E-state index contributed by atoms with van der Waals surface area (Å²) in [5.74, 6) is -5.15. The van der Waals surface area contributed by atoms with E-state index in [-0.39, 0.29) is 5.84 Å². The number of fused-ring (bicyclic) bond motifs is 1. The van der Waals surface area contributed by atoms with Crippen LogP contribution in [-0.4, -0.2) is 79.1 Å². The van der Waals surface area contributed by atoms with Crippen LogP contribution in [0.3, 0.4) is 0 Å². The summed E-state index contributed by atoms with van der Waals surface area (Å²) in [7, 11) is 0. The number of aryl methyl sites for hydroxylation is 2. The van der Waals surface area contributed by atoms with Crippen LogP contribution in [0.5, 0.6) is 0 Å². The van der Waals surface area contributed by atoms with Crippen molar-refractivity contribution in [3.63, 3.8) is 0 Å². The van der Waals surface area contributed by atoms with E-state index in [1.807, 2.05) is 6.92 Å². The summed E-state index contributed by atoms with van der Waals surface area (Å²) >= 11 is 0. The molecular weight excluding hydrogens is 544 g/mol. The third kappa shape index (κ3) is 9.19. The number of carbonyl (C=O) groups excluding carboxylic acids is 6. The number of benzene rings is 1. The first-order chi connectivity index (χ1) is 19.1. The first-order valence-electron chi connectivity index (χ1n) is 12.5. The third-order valence-electron chi connectivity index (χ3n) is 5.71. The number of anilines is 2. The zero-order chi connectivity index (χ0) is 31.0. The van der Waals surface area contributed by atoms with Crippen molar-refractivity contribution in [2.75, 3.05) is 23.4 Å². The number of ether oxygens (including phenoxy) is 4. The Labute approximate surface area is 236 Å². The second kappa shape index (κ2) is 14.1. The highest BCUT2D eigenvalue weighted by Gasteiger charge is 2.44. The number of hydrogen-bond donors (Lipinski definition) is 2. The monoisotopic (exact) mass is 578 g/mol. The van der Waals surface area contributed by atoms with Gasteiger partial charge in [-0.3, -0.25) is 24.0 Å². The average molecular weight is 579 g/mol. The molecule has 0 aliphatic carbocycles. The topological polar surface area (TPSA) is 202 Å². The number of esters is 4. The molecule has 3 N–H and O–H groups in total. The SMILES string of the molecule is CC(=O)OC[C@@H](OC(C)=O)[C@@H](OC(C)=O)[C@H](CN1C(=O)C(C(=O)O/N=C(/C)N)Nc2cc(C)c(C)cc21)OC(C)=O. The maximum Gasteiger partial charge on any atom is 0.366 e. The van der Waals surface area contributed by atoms with E-state index in [0.29, 0.717) is 11.4 Å². The Kier molecular flexibility index (Phi) is 11.2. The maximum absolute atomic E-state index is 13.7. The van der Waals surface area contributed by atoms with Crippen molar-refractivity contribution in [3.8, 4) is 0 Å². The number of rotatable bonds is 11. The van der Waals surface area contributed by atoms with Gasteiger partial charge in [-0.05, 0) is 44.0 Å². The normalized spacial score (nSPS) is 16.8. The lowest BCUT2D eigenvalue weighted by Gasteiger charge is -2.38. The lowest BCUT2D eigenvalue weighted by atomic mass is 10.0. The molecule has 0 saturated heterocycles. The quantitative estimate of drug-likeness (QED) is 0.0704. The molecule has 1 amide bonds. The molecular formula is C26H34N4O11. The minimum Gasteiger partial charge on any atom is -0.462 e. The van der Waals surface area contributed by atoms with E-state index in [4.69, 9.17) is 29.5 Å². The van der Waals surface area contributed by atoms with E-state index in [1.165, 1.54) is 6.92 Å². The molecule has 2 rings (SSSR count). The lowest BCUT2D eigenvalue weighted by molar-refractivity contribution is -0.188. The molecule has 4 atom stereocenters. The molecule has 1 aromatic carbocycles. The van der Waals surface area contributed by atoms with Gasteiger partial charge in [0, 0.05) is 27.7 Å². The standard InChI is InChI=1S/C26H34N4O11/c1-12-8-19-20(9-13(12)2)30(25(35)23(28-19)26(36)41-29-14(3)27)10-21(38-16(5)32)24(40-18(7)34)22(39-17(6)33)11-37-15(4)31/h8-9,21-24,28H,10-11H2,1-7H3,(H2,27,29)/t21-,22+,23?,24-/m0/s1. The smallest absolute Gasteiger partial charge is 0.366 e. The van der Waals surface area contributed by atoms with Crippen LogP contribution in [0.1, 0.15) is 45.7 Å². The Bertz CT molecular complexity index is 1240. The Balaban J connectivity index is 2.63. The van der Waals surface area contributed by atoms with Crippen molar-refractivity contribution >= 4 is 53.0 Å². The predicted molar refractivity (Wildman–Crippen MR) is 142 cm³/mol. The first kappa shape index (κ1) is 32.5. The van der Waals surface area contributed by atoms with Crippen molar-refractivity contribution in [1.82, 2.24) is 0 Å². The molecule has 1 aromatic rings. The summed E-state index contributed by atoms with van der Waals surface area (Å²) < 4.78 is 21.1. The second-order valence-corrected chi connectivity index (χ2v) is 9.30. The fourth-order valence-corrected chi connectivity index (χ4v) is 3.94. The summed E-state index contributed by atoms with van der Waals surface area (Å²) in [6.07, 6.45) is -4.43. The number of oxime groups is 1. The van der Waals surface area contributed by atoms with Gasteiger partial charge in [0.15, 0.2) is 18.3 Å². The van der Waals surface area contributed by atoms with Crippen LogP contribution in [0, 0.1) is 13.8 Å². The van der Waals surface area contributed by atoms with Crippen LogP contribution in [0.4, 0.5) is 11.4 Å². The molecule has 0 spiro atoms. The Morgan fingerprint density at radius 2 is 1.46 bits per heavy atom. The highest BCUT2D eigenvalue weighted by molar-refractivity contribution is 6.15. The van der Waals surface area contributed by atoms with Gasteiger partial charge in [0.1, 0.15) is 12.4 Å². The van der Waals surface area contributed by atoms with Crippen LogP contribution >= 0.6 is 0 Å². The molecule has 0 saturated carbocycles. The number of nitrogens with zero attached hydrogens (tertiary/aromatic N) is 2. The molecule has 0 bridgehead atoms. The van der Waals surface area contributed by atoms with Crippen molar-refractivity contribution in [2.45, 2.75) is 72.8 Å². The molecule has 0 fully saturated rings. The molecule has 1 aliphatic heterocycles. The molecule has 1 heterocycles. The Hall–Kier alpha value is -4.69. The van der Waals surface area contributed by atoms with Crippen molar-refractivity contribution in [2.24, 2.45) is 10.9 Å². The van der Waals surface area contributed by atoms with Gasteiger partial charge >= 0.3 is 29.8 Å². The fourth-order valence-electron chi connectivity index (χ4n) is 3.94. The van der Waals surface area contributed by atoms with Crippen LogP contribution in [0.15, 0.2) is 17.3 Å². The summed E-state index contributed by atoms with van der Waals surface area (Å²) in [6, 6.07) is 1.80. The van der Waals surface area contributed by atoms with E-state index in [9.17, 15) is 28.8 Å². The summed E-state index contributed by atoms with van der Waals surface area (Å²) in [5.41, 5.74) is 7.74. The average Bonchev–Trinajstić information content (AvgIpc) is 2.85. The number of hydrogen-bond acceptors (Lipinski definition) is 13. The number of amides is 1. The zero-order valence-corrected chi connectivity index (χ0v) is 23.8. The molecule has 15 nitrogen and oxygen atoms in total. The molecule has 15 heteroatoms. The number of nitrogens with one attached hydrogen (secondary N) is 1. The zero-order valence-electron chi connectivity index (χ0n) is 23.8. The largest absolute Gasteiger partial charge is 0.462 e. The minimum absolute atomic E-state index is 0.0613. The van der Waals surface area contributed by atoms with E-state index in [1.54, 1.807) is 19.1 Å². The Morgan fingerprint density at radius 1 is 0.902 bits per heavy atom. The van der Waals surface area contributed by atoms with Gasteiger partial charge in [-0.25, -0.2) is 4.79 Å². The van der Waals surface area contributed by atoms with E-state index in [0.717, 1.165) is 43.7 Å². The van der Waals surface area contributed by atoms with E-state index in [2.05, 4.69) is 10.5 Å². The van der Waals surface area contributed by atoms with Gasteiger partial charge < -0.3 is 39.7 Å². The van der Waals surface area contributed by atoms with Gasteiger partial charge in [0.2, 0.25) is 6.04 Å². The number of carbonyl (C=O) groups is 6. The van der Waals surface area contributed by atoms with Crippen LogP contribution in [0.2, 0.25) is 0 Å². The van der Waals surface area contributed by atoms with Crippen molar-refractivity contribution in [3.05, 3.63) is 23.3 Å². The van der Waals surface area contributed by atoms with Gasteiger partial charge in [-0.2, -0.15) is 0 Å². The predicted octanol–water partition coefficient (Wildman–Crippen LogP) is 0.624.